The Hall–Kier alpha value is -3.44. The zero-order valence-electron chi connectivity index (χ0n) is 15.0. The topological polar surface area (TPSA) is 146 Å². The minimum absolute atomic E-state index is 0.0178. The van der Waals surface area contributed by atoms with Gasteiger partial charge >= 0.3 is 0 Å². The van der Waals surface area contributed by atoms with E-state index in [-0.39, 0.29) is 27.8 Å². The minimum Gasteiger partial charge on any atom is -0.345 e. The number of carbonyl (C=O) groups excluding carboxylic acids is 1. The molecular formula is C18H17N5O5S. The molecule has 1 aliphatic rings. The molecule has 11 heteroatoms. The van der Waals surface area contributed by atoms with E-state index in [1.807, 2.05) is 0 Å². The lowest BCUT2D eigenvalue weighted by Crippen LogP contribution is -2.29. The van der Waals surface area contributed by atoms with Gasteiger partial charge in [0, 0.05) is 17.5 Å². The van der Waals surface area contributed by atoms with Crippen molar-refractivity contribution in [2.45, 2.75) is 23.8 Å². The smallest absolute Gasteiger partial charge is 0.293 e. The molecule has 0 spiro atoms. The molecule has 4 N–H and O–H groups in total. The van der Waals surface area contributed by atoms with Crippen LogP contribution in [0.3, 0.4) is 0 Å². The number of anilines is 1. The predicted octanol–water partition coefficient (Wildman–Crippen LogP) is 2.27. The normalized spacial score (nSPS) is 13.9. The molecule has 1 heterocycles. The van der Waals surface area contributed by atoms with Gasteiger partial charge in [0.25, 0.3) is 11.6 Å². The predicted molar refractivity (Wildman–Crippen MR) is 106 cm³/mol. The molecule has 150 valence electrons. The first-order valence-electron chi connectivity index (χ1n) is 8.78. The second-order valence-corrected chi connectivity index (χ2v) is 8.39. The highest BCUT2D eigenvalue weighted by Gasteiger charge is 2.27. The maximum atomic E-state index is 12.3. The third kappa shape index (κ3) is 4.05. The van der Waals surface area contributed by atoms with Crippen molar-refractivity contribution in [3.8, 4) is 0 Å². The van der Waals surface area contributed by atoms with E-state index < -0.39 is 20.9 Å². The summed E-state index contributed by atoms with van der Waals surface area (Å²) in [4.78, 5) is 25.8. The van der Waals surface area contributed by atoms with Gasteiger partial charge in [-0.25, -0.2) is 13.1 Å². The van der Waals surface area contributed by atoms with Crippen LogP contribution in [0.25, 0.3) is 10.9 Å². The number of hydrazine groups is 1. The van der Waals surface area contributed by atoms with Crippen LogP contribution in [0.4, 0.5) is 11.4 Å². The van der Waals surface area contributed by atoms with E-state index in [9.17, 15) is 23.3 Å². The first-order chi connectivity index (χ1) is 13.8. The van der Waals surface area contributed by atoms with E-state index in [0.717, 1.165) is 12.8 Å². The summed E-state index contributed by atoms with van der Waals surface area (Å²) in [5.74, 6) is -0.525. The van der Waals surface area contributed by atoms with Crippen molar-refractivity contribution in [3.05, 3.63) is 64.3 Å². The van der Waals surface area contributed by atoms with Gasteiger partial charge in [-0.15, -0.1) is 0 Å². The molecule has 1 aliphatic carbocycles. The van der Waals surface area contributed by atoms with Crippen LogP contribution in [0.1, 0.15) is 23.3 Å². The van der Waals surface area contributed by atoms with Crippen LogP contribution in [-0.4, -0.2) is 30.3 Å². The van der Waals surface area contributed by atoms with E-state index in [2.05, 4.69) is 20.6 Å². The Bertz CT molecular complexity index is 1200. The molecule has 1 saturated carbocycles. The van der Waals surface area contributed by atoms with Crippen LogP contribution < -0.4 is 15.6 Å². The molecule has 10 nitrogen and oxygen atoms in total. The highest BCUT2D eigenvalue weighted by Crippen LogP contribution is 2.25. The minimum atomic E-state index is -3.54. The monoisotopic (exact) mass is 415 g/mol. The molecule has 2 aromatic carbocycles. The number of nitro benzene ring substituents is 1. The number of benzene rings is 2. The van der Waals surface area contributed by atoms with Gasteiger partial charge in [0.05, 0.1) is 15.5 Å². The molecular weight excluding hydrogens is 398 g/mol. The number of hydrogen-bond acceptors (Lipinski definition) is 6. The van der Waals surface area contributed by atoms with Crippen LogP contribution >= 0.6 is 0 Å². The molecule has 1 fully saturated rings. The fourth-order valence-electron chi connectivity index (χ4n) is 2.82. The number of non-ortho nitro benzene ring substituents is 1. The highest BCUT2D eigenvalue weighted by molar-refractivity contribution is 7.89. The Morgan fingerprint density at radius 1 is 1.14 bits per heavy atom. The average molecular weight is 415 g/mol. The van der Waals surface area contributed by atoms with Gasteiger partial charge in [-0.1, -0.05) is 12.1 Å². The van der Waals surface area contributed by atoms with E-state index in [1.165, 1.54) is 36.4 Å². The number of aromatic nitrogens is 1. The third-order valence-electron chi connectivity index (χ3n) is 4.46. The first-order valence-corrected chi connectivity index (χ1v) is 10.3. The van der Waals surface area contributed by atoms with Gasteiger partial charge < -0.3 is 4.98 Å². The summed E-state index contributed by atoms with van der Waals surface area (Å²) in [5.41, 5.74) is 5.93. The van der Waals surface area contributed by atoms with Crippen LogP contribution in [0.15, 0.2) is 53.4 Å². The zero-order valence-corrected chi connectivity index (χ0v) is 15.8. The second kappa shape index (κ2) is 7.18. The number of nitro groups is 1. The molecule has 0 aliphatic heterocycles. The number of carbonyl (C=O) groups is 1. The van der Waals surface area contributed by atoms with Gasteiger partial charge in [0.15, 0.2) is 0 Å². The number of amides is 1. The Labute approximate surface area is 165 Å². The summed E-state index contributed by atoms with van der Waals surface area (Å²) in [5, 5.41) is 11.6. The fraction of sp³-hybridized carbons (Fsp3) is 0.167. The number of H-pyrrole nitrogens is 1. The Balaban J connectivity index is 1.44. The molecule has 1 amide bonds. The lowest BCUT2D eigenvalue weighted by atomic mass is 10.2. The van der Waals surface area contributed by atoms with Crippen LogP contribution in [-0.2, 0) is 10.0 Å². The SMILES string of the molecule is O=C(NNc1ccc(S(=O)(=O)NC2CC2)cc1)c1cc2cccc([N+](=O)[O-])c2[nH]1. The number of hydrogen-bond donors (Lipinski definition) is 4. The molecule has 0 atom stereocenters. The molecule has 0 bridgehead atoms. The van der Waals surface area contributed by atoms with Crippen molar-refractivity contribution in [1.82, 2.24) is 15.1 Å². The molecule has 29 heavy (non-hydrogen) atoms. The van der Waals surface area contributed by atoms with Crippen LogP contribution in [0.5, 0.6) is 0 Å². The molecule has 4 rings (SSSR count). The van der Waals surface area contributed by atoms with Gasteiger partial charge in [0.1, 0.15) is 11.2 Å². The van der Waals surface area contributed by atoms with E-state index in [1.54, 1.807) is 12.1 Å². The molecule has 0 unspecified atom stereocenters. The Kier molecular flexibility index (Phi) is 4.68. The number of sulfonamides is 1. The number of aromatic amines is 1. The molecule has 0 saturated heterocycles. The quantitative estimate of drug-likeness (QED) is 0.344. The van der Waals surface area contributed by atoms with Crippen LogP contribution in [0.2, 0.25) is 0 Å². The summed E-state index contributed by atoms with van der Waals surface area (Å²) in [7, 11) is -3.54. The van der Waals surface area contributed by atoms with Crippen molar-refractivity contribution >= 4 is 38.2 Å². The number of nitrogens with zero attached hydrogens (tertiary/aromatic N) is 1. The summed E-state index contributed by atoms with van der Waals surface area (Å²) < 4.78 is 26.9. The van der Waals surface area contributed by atoms with Crippen LogP contribution in [0, 0.1) is 10.1 Å². The van der Waals surface area contributed by atoms with Crippen molar-refractivity contribution < 1.29 is 18.1 Å². The van der Waals surface area contributed by atoms with Gasteiger partial charge in [0.2, 0.25) is 10.0 Å². The van der Waals surface area contributed by atoms with E-state index in [4.69, 9.17) is 0 Å². The lowest BCUT2D eigenvalue weighted by Gasteiger charge is -2.09. The standard InChI is InChI=1S/C18H17N5O5S/c24-18(15-10-11-2-1-3-16(23(25)26)17(11)19-15)21-20-12-6-8-14(9-7-12)29(27,28)22-13-4-5-13/h1-3,6-10,13,19-20,22H,4-5H2,(H,21,24). The largest absolute Gasteiger partial charge is 0.345 e. The Morgan fingerprint density at radius 3 is 2.52 bits per heavy atom. The summed E-state index contributed by atoms with van der Waals surface area (Å²) >= 11 is 0. The van der Waals surface area contributed by atoms with Crippen molar-refractivity contribution in [2.75, 3.05) is 5.43 Å². The molecule has 3 aromatic rings. The fourth-order valence-corrected chi connectivity index (χ4v) is 4.12. The van der Waals surface area contributed by atoms with Gasteiger partial charge in [-0.3, -0.25) is 25.8 Å². The maximum absolute atomic E-state index is 12.3. The highest BCUT2D eigenvalue weighted by atomic mass is 32.2. The molecule has 0 radical (unpaired) electrons. The second-order valence-electron chi connectivity index (χ2n) is 6.68. The van der Waals surface area contributed by atoms with Gasteiger partial charge in [-0.2, -0.15) is 0 Å². The van der Waals surface area contributed by atoms with Crippen molar-refractivity contribution in [2.24, 2.45) is 0 Å². The zero-order chi connectivity index (χ0) is 20.6. The average Bonchev–Trinajstić information content (AvgIpc) is 3.38. The number of nitrogens with one attached hydrogen (secondary N) is 4. The number of rotatable bonds is 7. The van der Waals surface area contributed by atoms with Crippen molar-refractivity contribution in [3.63, 3.8) is 0 Å². The number of para-hydroxylation sites is 1. The van der Waals surface area contributed by atoms with E-state index >= 15 is 0 Å². The van der Waals surface area contributed by atoms with Crippen molar-refractivity contribution in [1.29, 1.82) is 0 Å². The van der Waals surface area contributed by atoms with E-state index in [0.29, 0.717) is 11.1 Å². The third-order valence-corrected chi connectivity index (χ3v) is 6.00. The summed E-state index contributed by atoms with van der Waals surface area (Å²) in [6, 6.07) is 12.0. The van der Waals surface area contributed by atoms with Gasteiger partial charge in [-0.05, 0) is 43.2 Å². The number of fused-ring (bicyclic) bond motifs is 1. The molecule has 1 aromatic heterocycles. The Morgan fingerprint density at radius 2 is 1.86 bits per heavy atom. The maximum Gasteiger partial charge on any atom is 0.293 e. The summed E-state index contributed by atoms with van der Waals surface area (Å²) in [6.07, 6.45) is 1.70. The lowest BCUT2D eigenvalue weighted by molar-refractivity contribution is -0.383. The first kappa shape index (κ1) is 18.9. The summed E-state index contributed by atoms with van der Waals surface area (Å²) in [6.45, 7) is 0.